The standard InChI is InChI=1S/C8H7NO3S/c10-8(9-11)6-3-4-7(12-6)13-5-1-2-5/h3-5H,1-2H2. The van der Waals surface area contributed by atoms with Crippen LogP contribution in [0.2, 0.25) is 0 Å². The van der Waals surface area contributed by atoms with Crippen LogP contribution in [0.3, 0.4) is 0 Å². The predicted molar refractivity (Wildman–Crippen MR) is 47.7 cm³/mol. The van der Waals surface area contributed by atoms with E-state index in [1.54, 1.807) is 17.8 Å². The van der Waals surface area contributed by atoms with Crippen molar-refractivity contribution in [1.82, 2.24) is 0 Å². The van der Waals surface area contributed by atoms with Crippen LogP contribution in [0.15, 0.2) is 26.8 Å². The number of nitrogens with zero attached hydrogens (tertiary/aromatic N) is 1. The molecule has 0 N–H and O–H groups in total. The molecule has 4 nitrogen and oxygen atoms in total. The maximum atomic E-state index is 10.7. The molecule has 1 aliphatic rings. The van der Waals surface area contributed by atoms with Gasteiger partial charge in [0.2, 0.25) is 0 Å². The first-order valence-corrected chi connectivity index (χ1v) is 4.82. The molecule has 0 bridgehead atoms. The molecule has 1 aromatic heterocycles. The number of furan rings is 1. The molecule has 1 aliphatic carbocycles. The maximum absolute atomic E-state index is 10.7. The van der Waals surface area contributed by atoms with Gasteiger partial charge in [0.15, 0.2) is 10.9 Å². The third kappa shape index (κ3) is 1.98. The second-order valence-electron chi connectivity index (χ2n) is 2.83. The van der Waals surface area contributed by atoms with Crippen molar-refractivity contribution in [2.45, 2.75) is 23.2 Å². The molecule has 2 rings (SSSR count). The van der Waals surface area contributed by atoms with Crippen LogP contribution in [-0.2, 0) is 0 Å². The second kappa shape index (κ2) is 3.33. The molecule has 0 saturated heterocycles. The Hall–Kier alpha value is -1.10. The molecule has 0 spiro atoms. The Balaban J connectivity index is 2.07. The van der Waals surface area contributed by atoms with E-state index in [0.717, 1.165) is 0 Å². The van der Waals surface area contributed by atoms with Crippen LogP contribution in [-0.4, -0.2) is 11.2 Å². The predicted octanol–water partition coefficient (Wildman–Crippen LogP) is 2.44. The highest BCUT2D eigenvalue weighted by molar-refractivity contribution is 8.00. The number of hydrogen-bond acceptors (Lipinski definition) is 4. The third-order valence-corrected chi connectivity index (χ3v) is 2.94. The normalized spacial score (nSPS) is 15.7. The number of rotatable bonds is 3. The zero-order chi connectivity index (χ0) is 9.26. The van der Waals surface area contributed by atoms with E-state index < -0.39 is 5.91 Å². The lowest BCUT2D eigenvalue weighted by Crippen LogP contribution is -1.88. The van der Waals surface area contributed by atoms with E-state index in [0.29, 0.717) is 10.3 Å². The quantitative estimate of drug-likeness (QED) is 0.698. The van der Waals surface area contributed by atoms with E-state index in [-0.39, 0.29) is 5.76 Å². The molecule has 0 atom stereocenters. The Morgan fingerprint density at radius 3 is 2.92 bits per heavy atom. The van der Waals surface area contributed by atoms with Crippen molar-refractivity contribution in [2.24, 2.45) is 5.18 Å². The minimum atomic E-state index is -0.845. The molecule has 1 heterocycles. The fourth-order valence-electron chi connectivity index (χ4n) is 0.894. The van der Waals surface area contributed by atoms with Gasteiger partial charge in [-0.1, -0.05) is 11.8 Å². The molecular formula is C8H7NO3S. The van der Waals surface area contributed by atoms with Gasteiger partial charge in [-0.05, 0) is 25.0 Å². The Morgan fingerprint density at radius 1 is 1.54 bits per heavy atom. The number of amides is 1. The largest absolute Gasteiger partial charge is 0.445 e. The summed E-state index contributed by atoms with van der Waals surface area (Å²) in [5, 5.41) is 3.59. The topological polar surface area (TPSA) is 59.6 Å². The Bertz CT molecular complexity index is 343. The fourth-order valence-corrected chi connectivity index (χ4v) is 1.88. The van der Waals surface area contributed by atoms with E-state index in [4.69, 9.17) is 4.42 Å². The van der Waals surface area contributed by atoms with Gasteiger partial charge >= 0.3 is 5.91 Å². The van der Waals surface area contributed by atoms with Gasteiger partial charge in [-0.15, -0.1) is 4.91 Å². The lowest BCUT2D eigenvalue weighted by atomic mass is 10.4. The summed E-state index contributed by atoms with van der Waals surface area (Å²) in [5.74, 6) is -0.819. The first kappa shape index (κ1) is 8.50. The van der Waals surface area contributed by atoms with Crippen LogP contribution >= 0.6 is 11.8 Å². The summed E-state index contributed by atoms with van der Waals surface area (Å²) >= 11 is 1.60. The van der Waals surface area contributed by atoms with E-state index in [9.17, 15) is 9.70 Å². The summed E-state index contributed by atoms with van der Waals surface area (Å²) < 4.78 is 5.11. The smallest absolute Gasteiger partial charge is 0.351 e. The van der Waals surface area contributed by atoms with Crippen LogP contribution in [0.4, 0.5) is 0 Å². The van der Waals surface area contributed by atoms with Gasteiger partial charge in [0.1, 0.15) is 0 Å². The summed E-state index contributed by atoms with van der Waals surface area (Å²) in [4.78, 5) is 20.6. The second-order valence-corrected chi connectivity index (χ2v) is 4.14. The number of hydrogen-bond donors (Lipinski definition) is 0. The van der Waals surface area contributed by atoms with E-state index in [1.165, 1.54) is 18.9 Å². The monoisotopic (exact) mass is 197 g/mol. The molecule has 5 heteroatoms. The zero-order valence-corrected chi connectivity index (χ0v) is 7.54. The van der Waals surface area contributed by atoms with E-state index in [2.05, 4.69) is 5.18 Å². The molecule has 1 amide bonds. The number of nitroso groups, excluding NO2 is 1. The number of carbonyl (C=O) groups is 1. The molecule has 0 radical (unpaired) electrons. The summed E-state index contributed by atoms with van der Waals surface area (Å²) in [6.45, 7) is 0. The first-order valence-electron chi connectivity index (χ1n) is 3.94. The molecule has 1 aromatic rings. The van der Waals surface area contributed by atoms with Gasteiger partial charge in [0.05, 0.1) is 0 Å². The summed E-state index contributed by atoms with van der Waals surface area (Å²) in [5.41, 5.74) is 0. The van der Waals surface area contributed by atoms with Crippen LogP contribution in [0, 0.1) is 4.91 Å². The lowest BCUT2D eigenvalue weighted by molar-refractivity contribution is 0.0969. The number of thioether (sulfide) groups is 1. The Morgan fingerprint density at radius 2 is 2.31 bits per heavy atom. The van der Waals surface area contributed by atoms with Crippen LogP contribution in [0.25, 0.3) is 0 Å². The van der Waals surface area contributed by atoms with Gasteiger partial charge in [-0.25, -0.2) is 0 Å². The SMILES string of the molecule is O=NC(=O)c1ccc(SC2CC2)o1. The number of carbonyl (C=O) groups excluding carboxylic acids is 1. The van der Waals surface area contributed by atoms with Crippen molar-refractivity contribution in [3.8, 4) is 0 Å². The first-order chi connectivity index (χ1) is 6.29. The Labute approximate surface area is 78.7 Å². The highest BCUT2D eigenvalue weighted by Gasteiger charge is 2.24. The molecule has 1 fully saturated rings. The van der Waals surface area contributed by atoms with Crippen molar-refractivity contribution in [3.05, 3.63) is 22.8 Å². The van der Waals surface area contributed by atoms with Crippen molar-refractivity contribution in [2.75, 3.05) is 0 Å². The van der Waals surface area contributed by atoms with Gasteiger partial charge in [0.25, 0.3) is 0 Å². The maximum Gasteiger partial charge on any atom is 0.351 e. The van der Waals surface area contributed by atoms with Gasteiger partial charge < -0.3 is 4.42 Å². The van der Waals surface area contributed by atoms with Gasteiger partial charge in [0, 0.05) is 10.4 Å². The molecule has 1 saturated carbocycles. The summed E-state index contributed by atoms with van der Waals surface area (Å²) in [6, 6.07) is 3.18. The lowest BCUT2D eigenvalue weighted by Gasteiger charge is -1.90. The van der Waals surface area contributed by atoms with Crippen molar-refractivity contribution < 1.29 is 9.21 Å². The molecule has 0 aliphatic heterocycles. The fraction of sp³-hybridized carbons (Fsp3) is 0.375. The summed E-state index contributed by atoms with van der Waals surface area (Å²) in [7, 11) is 0. The van der Waals surface area contributed by atoms with Crippen LogP contribution < -0.4 is 0 Å². The van der Waals surface area contributed by atoms with Crippen molar-refractivity contribution in [3.63, 3.8) is 0 Å². The van der Waals surface area contributed by atoms with Gasteiger partial charge in [-0.3, -0.25) is 4.79 Å². The zero-order valence-electron chi connectivity index (χ0n) is 6.73. The summed E-state index contributed by atoms with van der Waals surface area (Å²) in [6.07, 6.45) is 2.39. The average molecular weight is 197 g/mol. The van der Waals surface area contributed by atoms with Crippen LogP contribution in [0.5, 0.6) is 0 Å². The molecule has 0 aromatic carbocycles. The van der Waals surface area contributed by atoms with E-state index >= 15 is 0 Å². The third-order valence-electron chi connectivity index (χ3n) is 1.68. The molecular weight excluding hydrogens is 190 g/mol. The van der Waals surface area contributed by atoms with Crippen molar-refractivity contribution in [1.29, 1.82) is 0 Å². The van der Waals surface area contributed by atoms with Crippen LogP contribution in [0.1, 0.15) is 23.4 Å². The average Bonchev–Trinajstić information content (AvgIpc) is 2.81. The highest BCUT2D eigenvalue weighted by atomic mass is 32.2. The molecule has 0 unspecified atom stereocenters. The van der Waals surface area contributed by atoms with E-state index in [1.807, 2.05) is 0 Å². The molecule has 13 heavy (non-hydrogen) atoms. The minimum Gasteiger partial charge on any atom is -0.445 e. The van der Waals surface area contributed by atoms with Gasteiger partial charge in [-0.2, -0.15) is 0 Å². The Kier molecular flexibility index (Phi) is 2.18. The highest BCUT2D eigenvalue weighted by Crippen LogP contribution is 2.39. The molecule has 68 valence electrons. The van der Waals surface area contributed by atoms with Crippen molar-refractivity contribution >= 4 is 17.7 Å². The minimum absolute atomic E-state index is 0.0261.